The number of nitrogens with zero attached hydrogens (tertiary/aromatic N) is 6. The van der Waals surface area contributed by atoms with Gasteiger partial charge in [-0.3, -0.25) is 19.2 Å². The van der Waals surface area contributed by atoms with Crippen molar-refractivity contribution >= 4 is 98.6 Å². The van der Waals surface area contributed by atoms with Gasteiger partial charge in [-0.1, -0.05) is 179 Å². The van der Waals surface area contributed by atoms with Crippen LogP contribution in [0.4, 0.5) is 11.4 Å². The second-order valence-electron chi connectivity index (χ2n) is 31.1. The number of anilines is 2. The molecule has 10 heteroatoms. The highest BCUT2D eigenvalue weighted by molar-refractivity contribution is 6.05. The molecule has 12 aromatic rings. The maximum absolute atomic E-state index is 14.3. The van der Waals surface area contributed by atoms with Gasteiger partial charge in [0, 0.05) is 115 Å². The van der Waals surface area contributed by atoms with Gasteiger partial charge in [0.2, 0.25) is 0 Å². The highest BCUT2D eigenvalue weighted by atomic mass is 16.1. The van der Waals surface area contributed by atoms with Crippen LogP contribution in [-0.4, -0.2) is 45.5 Å². The second kappa shape index (κ2) is 32.1. The molecule has 10 nitrogen and oxygen atoms in total. The number of hydrogen-bond acceptors (Lipinski definition) is 6. The molecule has 0 radical (unpaired) electrons. The van der Waals surface area contributed by atoms with Gasteiger partial charge >= 0.3 is 0 Å². The molecule has 8 aromatic carbocycles. The standard InChI is InChI=1S/C93H112N6O4/c1-11-13-15-17-25-35-49-93(50-36-26-18-16-14-12-2)77-61-83(94(5)51-37-27-21-19-23-29-39-65-45-47-81-71(55-65)91(102)75-59-85-73(57-87(75)98(81)9)89(100)67-41-31-33-43-79(67)96(85)7)63(3)53-69(77)70-54-64(4)84(62-78(70)93)95(6)52-38-28-22-20-24-30-40-66-46-48-82-72(56-66)92(103)76-60-86-74(58-88(76)99(82)10)90(101)68-42-32-34-44-80(68)97(86)8/h31-34,41-48,53-62H,11-30,35-40,49-52H2,1-10H3. The Labute approximate surface area is 610 Å². The molecule has 13 rings (SSSR count). The number of fused-ring (bicyclic) bond motifs is 11. The average molecular weight is 1380 g/mol. The van der Waals surface area contributed by atoms with Crippen LogP contribution in [0.2, 0.25) is 0 Å². The van der Waals surface area contributed by atoms with Crippen LogP contribution in [0.5, 0.6) is 0 Å². The van der Waals surface area contributed by atoms with Gasteiger partial charge in [0.05, 0.1) is 44.1 Å². The number of unbranched alkanes of at least 4 members (excludes halogenated alkanes) is 20. The third-order valence-corrected chi connectivity index (χ3v) is 24.2. The van der Waals surface area contributed by atoms with Crippen molar-refractivity contribution in [2.45, 2.75) is 213 Å². The van der Waals surface area contributed by atoms with Crippen LogP contribution >= 0.6 is 0 Å². The first-order chi connectivity index (χ1) is 50.0. The molecule has 538 valence electrons. The molecule has 4 heterocycles. The molecule has 0 atom stereocenters. The van der Waals surface area contributed by atoms with Gasteiger partial charge in [0.15, 0.2) is 21.7 Å². The molecule has 1 aliphatic rings. The lowest BCUT2D eigenvalue weighted by molar-refractivity contribution is 0.398. The van der Waals surface area contributed by atoms with Crippen LogP contribution in [-0.2, 0) is 46.4 Å². The van der Waals surface area contributed by atoms with Crippen molar-refractivity contribution in [1.29, 1.82) is 0 Å². The molecule has 0 saturated heterocycles. The fourth-order valence-corrected chi connectivity index (χ4v) is 18.1. The van der Waals surface area contributed by atoms with E-state index < -0.39 is 0 Å². The van der Waals surface area contributed by atoms with Crippen molar-refractivity contribution in [3.05, 3.63) is 208 Å². The molecule has 0 bridgehead atoms. The predicted molar refractivity (Wildman–Crippen MR) is 441 cm³/mol. The second-order valence-corrected chi connectivity index (χ2v) is 31.1. The van der Waals surface area contributed by atoms with E-state index in [0.717, 1.165) is 93.7 Å². The molecule has 0 spiro atoms. The van der Waals surface area contributed by atoms with Gasteiger partial charge in [-0.25, -0.2) is 0 Å². The van der Waals surface area contributed by atoms with Crippen molar-refractivity contribution in [2.24, 2.45) is 28.2 Å². The van der Waals surface area contributed by atoms with Crippen LogP contribution in [0.25, 0.3) is 98.4 Å². The maximum atomic E-state index is 14.3. The van der Waals surface area contributed by atoms with Gasteiger partial charge in [0.1, 0.15) is 0 Å². The Balaban J connectivity index is 0.631. The summed E-state index contributed by atoms with van der Waals surface area (Å²) in [4.78, 5) is 61.1. The molecule has 0 unspecified atom stereocenters. The number of para-hydroxylation sites is 2. The number of hydrogen-bond donors (Lipinski definition) is 0. The number of aryl methyl sites for hydroxylation is 8. The minimum absolute atomic E-state index is 0.00208. The summed E-state index contributed by atoms with van der Waals surface area (Å²) < 4.78 is 8.24. The fraction of sp³-hybridized carbons (Fsp3) is 0.441. The maximum Gasteiger partial charge on any atom is 0.197 e. The molecular formula is C93H112N6O4. The van der Waals surface area contributed by atoms with Crippen LogP contribution in [0, 0.1) is 13.8 Å². The van der Waals surface area contributed by atoms with Crippen molar-refractivity contribution in [3.63, 3.8) is 0 Å². The van der Waals surface area contributed by atoms with E-state index in [2.05, 4.69) is 121 Å². The van der Waals surface area contributed by atoms with Crippen molar-refractivity contribution in [2.75, 3.05) is 37.0 Å². The van der Waals surface area contributed by atoms with Gasteiger partial charge in [-0.15, -0.1) is 0 Å². The molecule has 0 fully saturated rings. The first-order valence-electron chi connectivity index (χ1n) is 39.7. The Bertz CT molecular complexity index is 5060. The molecular weight excluding hydrogens is 1270 g/mol. The van der Waals surface area contributed by atoms with Crippen molar-refractivity contribution in [1.82, 2.24) is 18.3 Å². The lowest BCUT2D eigenvalue weighted by Gasteiger charge is -2.35. The topological polar surface area (TPSA) is 94.5 Å². The molecule has 0 saturated carbocycles. The minimum atomic E-state index is -0.0132. The van der Waals surface area contributed by atoms with Gasteiger partial charge in [-0.05, 0) is 207 Å². The summed E-state index contributed by atoms with van der Waals surface area (Å²) in [5, 5.41) is 5.41. The van der Waals surface area contributed by atoms with Crippen LogP contribution in [0.3, 0.4) is 0 Å². The van der Waals surface area contributed by atoms with E-state index in [0.29, 0.717) is 32.3 Å². The number of benzene rings is 8. The van der Waals surface area contributed by atoms with E-state index in [4.69, 9.17) is 0 Å². The number of pyridine rings is 4. The minimum Gasteiger partial charge on any atom is -0.374 e. The summed E-state index contributed by atoms with van der Waals surface area (Å²) >= 11 is 0. The van der Waals surface area contributed by atoms with Crippen LogP contribution < -0.4 is 31.5 Å². The quantitative estimate of drug-likeness (QED) is 0.0295. The molecule has 4 aromatic heterocycles. The fourth-order valence-electron chi connectivity index (χ4n) is 18.1. The Morgan fingerprint density at radius 2 is 0.612 bits per heavy atom. The van der Waals surface area contributed by atoms with Gasteiger partial charge in [0.25, 0.3) is 0 Å². The lowest BCUT2D eigenvalue weighted by Crippen LogP contribution is -2.27. The first-order valence-corrected chi connectivity index (χ1v) is 39.7. The zero-order valence-electron chi connectivity index (χ0n) is 63.7. The zero-order chi connectivity index (χ0) is 72.1. The Morgan fingerprint density at radius 3 is 0.981 bits per heavy atom. The van der Waals surface area contributed by atoms with Crippen LogP contribution in [0.1, 0.15) is 214 Å². The lowest BCUT2D eigenvalue weighted by atomic mass is 9.70. The monoisotopic (exact) mass is 1380 g/mol. The molecule has 0 amide bonds. The van der Waals surface area contributed by atoms with Gasteiger partial charge < -0.3 is 28.1 Å². The smallest absolute Gasteiger partial charge is 0.197 e. The van der Waals surface area contributed by atoms with Gasteiger partial charge in [-0.2, -0.15) is 0 Å². The number of aromatic nitrogens is 4. The largest absolute Gasteiger partial charge is 0.374 e. The SMILES string of the molecule is CCCCCCCCC1(CCCCCCCC)c2cc(N(C)CCCCCCCCc3ccc4c(c3)c(=O)c3cc5c(cc3n4C)c(=O)c3ccccc3n5C)c(C)cc2-c2cc(C)c(N(C)CCCCCCCCc3ccc4c(c3)c(=O)c3cc5c(cc3n4C)c(=O)c3ccccc3n5C)cc21. The van der Waals surface area contributed by atoms with E-state index in [1.54, 1.807) is 11.1 Å². The van der Waals surface area contributed by atoms with Crippen molar-refractivity contribution < 1.29 is 0 Å². The predicted octanol–water partition coefficient (Wildman–Crippen LogP) is 22.1. The summed E-state index contributed by atoms with van der Waals surface area (Å²) in [5.74, 6) is 0. The summed E-state index contributed by atoms with van der Waals surface area (Å²) in [6.07, 6.45) is 34.1. The number of rotatable bonds is 34. The normalized spacial score (nSPS) is 12.8. The summed E-state index contributed by atoms with van der Waals surface area (Å²) in [6.45, 7) is 11.5. The van der Waals surface area contributed by atoms with E-state index in [1.165, 1.54) is 199 Å². The highest BCUT2D eigenvalue weighted by Crippen LogP contribution is 2.57. The Morgan fingerprint density at radius 1 is 0.311 bits per heavy atom. The summed E-state index contributed by atoms with van der Waals surface area (Å²) in [5.41, 5.74) is 20.8. The average Bonchev–Trinajstić information content (AvgIpc) is 1.57. The first kappa shape index (κ1) is 72.6. The third-order valence-electron chi connectivity index (χ3n) is 24.2. The third kappa shape index (κ3) is 14.5. The molecule has 0 aliphatic heterocycles. The molecule has 1 aliphatic carbocycles. The van der Waals surface area contributed by atoms with E-state index >= 15 is 0 Å². The van der Waals surface area contributed by atoms with E-state index in [9.17, 15) is 19.2 Å². The van der Waals surface area contributed by atoms with Crippen LogP contribution in [0.15, 0.2) is 153 Å². The summed E-state index contributed by atoms with van der Waals surface area (Å²) in [7, 11) is 12.7. The van der Waals surface area contributed by atoms with E-state index in [1.807, 2.05) is 110 Å². The Hall–Kier alpha value is -8.76. The molecule has 0 N–H and O–H groups in total. The zero-order valence-corrected chi connectivity index (χ0v) is 63.7. The Kier molecular flexibility index (Phi) is 22.6. The van der Waals surface area contributed by atoms with Crippen molar-refractivity contribution in [3.8, 4) is 11.1 Å². The highest BCUT2D eigenvalue weighted by Gasteiger charge is 2.44. The molecule has 103 heavy (non-hydrogen) atoms. The van der Waals surface area contributed by atoms with E-state index in [-0.39, 0.29) is 27.1 Å². The summed E-state index contributed by atoms with van der Waals surface area (Å²) in [6, 6.07) is 46.5.